The van der Waals surface area contributed by atoms with E-state index >= 15 is 0 Å². The molecule has 0 aromatic heterocycles. The average Bonchev–Trinajstić information content (AvgIpc) is 2.22. The summed E-state index contributed by atoms with van der Waals surface area (Å²) in [6.07, 6.45) is 8.79. The van der Waals surface area contributed by atoms with Gasteiger partial charge in [-0.1, -0.05) is 82.9 Å². The van der Waals surface area contributed by atoms with E-state index < -0.39 is 15.5 Å². The third-order valence-electron chi connectivity index (χ3n) is 4.95. The van der Waals surface area contributed by atoms with E-state index in [1.807, 2.05) is 0 Å². The van der Waals surface area contributed by atoms with Gasteiger partial charge in [0.1, 0.15) is 0 Å². The predicted octanol–water partition coefficient (Wildman–Crippen LogP) is 5.92. The molecular weight excluding hydrogens is 283 g/mol. The molecule has 0 unspecified atom stereocenters. The molecule has 2 fully saturated rings. The molecule has 0 aromatic rings. The summed E-state index contributed by atoms with van der Waals surface area (Å²) in [6.45, 7) is 12.9. The Bertz CT molecular complexity index is 332. The molecule has 2 heterocycles. The molecule has 2 aliphatic heterocycles. The van der Waals surface area contributed by atoms with Gasteiger partial charge in [0, 0.05) is 0 Å². The maximum Gasteiger partial charge on any atom is 0.172 e. The van der Waals surface area contributed by atoms with E-state index in [9.17, 15) is 0 Å². The fraction of sp³-hybridized carbons (Fsp3) is 0.867. The predicted molar refractivity (Wildman–Crippen MR) is 95.7 cm³/mol. The molecule has 0 amide bonds. The Kier molecular flexibility index (Phi) is 4.80. The van der Waals surface area contributed by atoms with Crippen molar-refractivity contribution in [2.24, 2.45) is 0 Å². The number of hydrogen-bond donors (Lipinski definition) is 0. The second-order valence-corrected chi connectivity index (χ2v) is 19.7. The Morgan fingerprint density at radius 2 is 1.37 bits per heavy atom. The van der Waals surface area contributed by atoms with Crippen LogP contribution in [0.1, 0.15) is 38.5 Å². The van der Waals surface area contributed by atoms with Gasteiger partial charge >= 0.3 is 0 Å². The summed E-state index contributed by atoms with van der Waals surface area (Å²) in [5.74, 6) is 1.92. The van der Waals surface area contributed by atoms with E-state index in [2.05, 4.69) is 38.4 Å². The lowest BCUT2D eigenvalue weighted by molar-refractivity contribution is 0.447. The summed E-state index contributed by atoms with van der Waals surface area (Å²) in [7, 11) is -2.86. The van der Waals surface area contributed by atoms with Crippen molar-refractivity contribution in [1.82, 2.24) is 0 Å². The van der Waals surface area contributed by atoms with Crippen LogP contribution in [0.4, 0.5) is 0 Å². The van der Waals surface area contributed by atoms with Crippen molar-refractivity contribution in [2.45, 2.75) is 82.9 Å². The molecule has 0 aliphatic carbocycles. The maximum absolute atomic E-state index is 6.94. The molecule has 0 saturated carbocycles. The van der Waals surface area contributed by atoms with Crippen molar-refractivity contribution >= 4 is 33.2 Å². The van der Waals surface area contributed by atoms with E-state index in [-0.39, 0.29) is 0 Å². The van der Waals surface area contributed by atoms with Crippen LogP contribution in [0.2, 0.25) is 44.4 Å². The van der Waals surface area contributed by atoms with Gasteiger partial charge in [-0.05, 0) is 0 Å². The molecule has 0 N–H and O–H groups in total. The van der Waals surface area contributed by atoms with Crippen molar-refractivity contribution in [1.29, 1.82) is 0 Å². The molecule has 0 radical (unpaired) electrons. The van der Waals surface area contributed by atoms with Gasteiger partial charge in [0.05, 0.1) is 8.07 Å². The molecule has 19 heavy (non-hydrogen) atoms. The Labute approximate surface area is 127 Å². The van der Waals surface area contributed by atoms with Crippen LogP contribution in [-0.4, -0.2) is 22.2 Å². The Morgan fingerprint density at radius 3 is 1.68 bits per heavy atom. The first-order valence-corrected chi connectivity index (χ1v) is 15.7. The molecule has 2 rings (SSSR count). The summed E-state index contributed by atoms with van der Waals surface area (Å²) >= 11 is 6.94. The van der Waals surface area contributed by atoms with Gasteiger partial charge < -0.3 is 0 Å². The van der Waals surface area contributed by atoms with Crippen molar-refractivity contribution in [3.05, 3.63) is 10.8 Å². The van der Waals surface area contributed by atoms with Crippen LogP contribution < -0.4 is 0 Å². The third kappa shape index (κ3) is 4.01. The van der Waals surface area contributed by atoms with Gasteiger partial charge in [0.25, 0.3) is 0 Å². The fourth-order valence-electron chi connectivity index (χ4n) is 4.31. The van der Waals surface area contributed by atoms with Gasteiger partial charge in [-0.15, -0.1) is 10.8 Å². The molecule has 0 atom stereocenters. The summed E-state index contributed by atoms with van der Waals surface area (Å²) in [5, 5.41) is 1.74. The van der Waals surface area contributed by atoms with Crippen LogP contribution in [0.3, 0.4) is 0 Å². The van der Waals surface area contributed by atoms with Crippen LogP contribution in [-0.2, 0) is 0 Å². The minimum Gasteiger partial charge on any atom is -0.163 e. The second-order valence-electron chi connectivity index (χ2n) is 8.35. The zero-order valence-corrected chi connectivity index (χ0v) is 16.2. The topological polar surface area (TPSA) is 0 Å². The second kappa shape index (κ2) is 5.73. The highest BCUT2D eigenvalue weighted by Gasteiger charge is 2.45. The first-order chi connectivity index (χ1) is 8.68. The van der Waals surface area contributed by atoms with Crippen LogP contribution in [0.25, 0.3) is 0 Å². The first kappa shape index (κ1) is 15.9. The van der Waals surface area contributed by atoms with Crippen molar-refractivity contribution in [2.75, 3.05) is 0 Å². The molecule has 0 aromatic carbocycles. The number of halogens is 1. The smallest absolute Gasteiger partial charge is 0.163 e. The molecule has 108 valence electrons. The Balaban J connectivity index is 2.35. The largest absolute Gasteiger partial charge is 0.172 e. The van der Waals surface area contributed by atoms with E-state index in [1.54, 1.807) is 5.10 Å². The van der Waals surface area contributed by atoms with Crippen molar-refractivity contribution < 1.29 is 0 Å². The van der Waals surface area contributed by atoms with E-state index in [1.165, 1.54) is 38.5 Å². The van der Waals surface area contributed by atoms with Gasteiger partial charge in [-0.25, -0.2) is 0 Å². The number of hydrogen-bond acceptors (Lipinski definition) is 0. The Morgan fingerprint density at radius 1 is 0.947 bits per heavy atom. The summed E-state index contributed by atoms with van der Waals surface area (Å²) in [5.41, 5.74) is 2.69. The lowest BCUT2D eigenvalue weighted by atomic mass is 9.27. The zero-order chi connectivity index (χ0) is 14.3. The van der Waals surface area contributed by atoms with E-state index in [0.717, 1.165) is 18.3 Å². The highest BCUT2D eigenvalue weighted by Crippen LogP contribution is 2.50. The number of fused-ring (bicyclic) bond motifs is 2. The monoisotopic (exact) mass is 312 g/mol. The number of rotatable bonds is 3. The summed E-state index contributed by atoms with van der Waals surface area (Å²) in [4.78, 5) is 0. The highest BCUT2D eigenvalue weighted by atomic mass is 35.6. The summed E-state index contributed by atoms with van der Waals surface area (Å²) in [6, 6.07) is 0. The normalized spacial score (nSPS) is 29.6. The van der Waals surface area contributed by atoms with Gasteiger partial charge in [-0.3, -0.25) is 0 Å². The van der Waals surface area contributed by atoms with Crippen molar-refractivity contribution in [3.8, 4) is 0 Å². The fourth-order valence-corrected chi connectivity index (χ4v) is 10.2. The van der Waals surface area contributed by atoms with Crippen LogP contribution in [0.5, 0.6) is 0 Å². The molecule has 0 spiro atoms. The highest BCUT2D eigenvalue weighted by molar-refractivity contribution is 7.28. The lowest BCUT2D eigenvalue weighted by Gasteiger charge is -2.44. The van der Waals surface area contributed by atoms with Gasteiger partial charge in [0.2, 0.25) is 0 Å². The molecule has 2 aliphatic rings. The molecule has 4 heteroatoms. The first-order valence-electron chi connectivity index (χ1n) is 8.10. The zero-order valence-electron chi connectivity index (χ0n) is 13.4. The van der Waals surface area contributed by atoms with Gasteiger partial charge in [-0.2, -0.15) is 11.1 Å². The SMILES string of the molecule is C[Si](C)(C)/C=C(/B1C2CCCC1CCC2)[Si](C)(C)Cl. The minimum atomic E-state index is -1.68. The van der Waals surface area contributed by atoms with Crippen LogP contribution in [0, 0.1) is 0 Å². The quantitative estimate of drug-likeness (QED) is 0.448. The van der Waals surface area contributed by atoms with Crippen LogP contribution >= 0.6 is 11.1 Å². The molecular formula is C15H30BClSi2. The third-order valence-corrected chi connectivity index (χ3v) is 8.92. The molecule has 0 nitrogen and oxygen atoms in total. The van der Waals surface area contributed by atoms with E-state index in [0.29, 0.717) is 0 Å². The Hall–Kier alpha value is 0.529. The maximum atomic E-state index is 6.94. The standard InChI is InChI=1S/C15H30BClSi2/c1-18(2,3)12-15(19(4,5)17)16-13-8-6-9-14(16)11-7-10-13/h12-14H,6-11H2,1-5H3/b15-12-. The van der Waals surface area contributed by atoms with Gasteiger partial charge in [0.15, 0.2) is 14.1 Å². The lowest BCUT2D eigenvalue weighted by Crippen LogP contribution is -2.45. The molecule has 2 bridgehead atoms. The minimum absolute atomic E-state index is 0.855. The summed E-state index contributed by atoms with van der Waals surface area (Å²) < 4.78 is 0. The van der Waals surface area contributed by atoms with Crippen molar-refractivity contribution in [3.63, 3.8) is 0 Å². The van der Waals surface area contributed by atoms with Crippen LogP contribution in [0.15, 0.2) is 10.8 Å². The molecule has 2 saturated heterocycles. The average molecular weight is 313 g/mol. The van der Waals surface area contributed by atoms with E-state index in [4.69, 9.17) is 11.1 Å².